The van der Waals surface area contributed by atoms with Crippen LogP contribution in [0.4, 0.5) is 4.79 Å². The third-order valence-corrected chi connectivity index (χ3v) is 3.13. The van der Waals surface area contributed by atoms with Gasteiger partial charge in [0.2, 0.25) is 5.88 Å². The first-order chi connectivity index (χ1) is 10.1. The van der Waals surface area contributed by atoms with Gasteiger partial charge in [-0.3, -0.25) is 0 Å². The summed E-state index contributed by atoms with van der Waals surface area (Å²) < 4.78 is 10.1. The number of hydrogen-bond acceptors (Lipinski definition) is 5. The van der Waals surface area contributed by atoms with Crippen molar-refractivity contribution in [2.24, 2.45) is 0 Å². The maximum atomic E-state index is 11.6. The van der Waals surface area contributed by atoms with Gasteiger partial charge in [-0.1, -0.05) is 13.3 Å². The summed E-state index contributed by atoms with van der Waals surface area (Å²) in [5, 5.41) is 5.70. The Labute approximate surface area is 123 Å². The number of nitrogens with one attached hydrogen (secondary N) is 2. The van der Waals surface area contributed by atoms with Gasteiger partial charge in [-0.15, -0.1) is 0 Å². The fraction of sp³-hybridized carbons (Fsp3) is 0.500. The summed E-state index contributed by atoms with van der Waals surface area (Å²) in [6.45, 7) is 2.09. The Morgan fingerprint density at radius 1 is 1.38 bits per heavy atom. The van der Waals surface area contributed by atoms with Gasteiger partial charge >= 0.3 is 12.0 Å². The Kier molecular flexibility index (Phi) is 4.97. The summed E-state index contributed by atoms with van der Waals surface area (Å²) in [6, 6.07) is 1.89. The number of carbonyl (C=O) groups is 1. The molecule has 0 aromatic carbocycles. The number of nitrogens with zero attached hydrogens (tertiary/aromatic N) is 2. The molecule has 2 amide bonds. The van der Waals surface area contributed by atoms with Gasteiger partial charge in [0.15, 0.2) is 0 Å². The predicted molar refractivity (Wildman–Crippen MR) is 78.1 cm³/mol. The van der Waals surface area contributed by atoms with Crippen molar-refractivity contribution >= 4 is 12.1 Å². The van der Waals surface area contributed by atoms with Crippen LogP contribution in [-0.2, 0) is 0 Å². The topological polar surface area (TPSA) is 85.4 Å². The van der Waals surface area contributed by atoms with E-state index >= 15 is 0 Å². The first-order valence-electron chi connectivity index (χ1n) is 6.89. The lowest BCUT2D eigenvalue weighted by atomic mass is 10.0. The summed E-state index contributed by atoms with van der Waals surface area (Å²) in [5.74, 6) is 0.416. The van der Waals surface area contributed by atoms with Crippen LogP contribution in [0.3, 0.4) is 0 Å². The van der Waals surface area contributed by atoms with Gasteiger partial charge in [0, 0.05) is 24.2 Å². The monoisotopic (exact) mass is 292 g/mol. The van der Waals surface area contributed by atoms with Crippen LogP contribution >= 0.6 is 0 Å². The number of amides is 2. The first-order valence-corrected chi connectivity index (χ1v) is 6.89. The molecule has 0 bridgehead atoms. The molecule has 7 heteroatoms. The highest BCUT2D eigenvalue weighted by Gasteiger charge is 2.20. The van der Waals surface area contributed by atoms with E-state index in [1.54, 1.807) is 6.07 Å². The Balaban J connectivity index is 2.23. The van der Waals surface area contributed by atoms with Crippen LogP contribution in [0.1, 0.15) is 31.9 Å². The van der Waals surface area contributed by atoms with E-state index < -0.39 is 0 Å². The Hall–Kier alpha value is -2.31. The normalized spacial score (nSPS) is 19.9. The Morgan fingerprint density at radius 3 is 2.86 bits per heavy atom. The molecule has 1 atom stereocenters. The molecule has 1 unspecified atom stereocenters. The smallest absolute Gasteiger partial charge is 0.319 e. The van der Waals surface area contributed by atoms with Crippen molar-refractivity contribution in [3.63, 3.8) is 0 Å². The average molecular weight is 292 g/mol. The molecule has 2 heterocycles. The van der Waals surface area contributed by atoms with Crippen molar-refractivity contribution in [2.45, 2.75) is 32.2 Å². The zero-order valence-corrected chi connectivity index (χ0v) is 12.5. The predicted octanol–water partition coefficient (Wildman–Crippen LogP) is 1.71. The molecule has 114 valence electrons. The minimum atomic E-state index is -0.182. The minimum Gasteiger partial charge on any atom is -0.481 e. The summed E-state index contributed by atoms with van der Waals surface area (Å²) in [4.78, 5) is 19.9. The van der Waals surface area contributed by atoms with E-state index in [4.69, 9.17) is 9.47 Å². The molecule has 0 aliphatic carbocycles. The van der Waals surface area contributed by atoms with E-state index in [9.17, 15) is 4.79 Å². The third kappa shape index (κ3) is 4.08. The SMILES string of the molecule is CCCC1C/C(=C/c2cc(OC)nc(OC)n2)NC(=O)N1. The number of aromatic nitrogens is 2. The molecule has 0 spiro atoms. The van der Waals surface area contributed by atoms with E-state index in [2.05, 4.69) is 27.5 Å². The number of urea groups is 1. The second-order valence-corrected chi connectivity index (χ2v) is 4.78. The second-order valence-electron chi connectivity index (χ2n) is 4.78. The highest BCUT2D eigenvalue weighted by molar-refractivity contribution is 5.79. The van der Waals surface area contributed by atoms with E-state index in [0.717, 1.165) is 25.0 Å². The fourth-order valence-electron chi connectivity index (χ4n) is 2.22. The van der Waals surface area contributed by atoms with Crippen molar-refractivity contribution in [3.8, 4) is 11.9 Å². The lowest BCUT2D eigenvalue weighted by Gasteiger charge is -2.26. The van der Waals surface area contributed by atoms with Gasteiger partial charge in [0.05, 0.1) is 19.9 Å². The molecule has 1 fully saturated rings. The largest absolute Gasteiger partial charge is 0.481 e. The van der Waals surface area contributed by atoms with Gasteiger partial charge < -0.3 is 20.1 Å². The second kappa shape index (κ2) is 6.92. The summed E-state index contributed by atoms with van der Waals surface area (Å²) in [6.07, 6.45) is 4.52. The summed E-state index contributed by atoms with van der Waals surface area (Å²) in [7, 11) is 3.03. The number of ether oxygens (including phenoxy) is 2. The van der Waals surface area contributed by atoms with Crippen LogP contribution in [0.2, 0.25) is 0 Å². The molecule has 2 rings (SSSR count). The number of carbonyl (C=O) groups excluding carboxylic acids is 1. The molecule has 21 heavy (non-hydrogen) atoms. The standard InChI is InChI=1S/C14H20N4O3/c1-4-5-9-6-10(16-13(19)15-9)7-11-8-12(20-2)18-14(17-11)21-3/h7-9H,4-6H2,1-3H3,(H2,15,16,19)/b10-7-. The van der Waals surface area contributed by atoms with Crippen LogP contribution < -0.4 is 20.1 Å². The van der Waals surface area contributed by atoms with Gasteiger partial charge in [-0.25, -0.2) is 4.79 Å². The van der Waals surface area contributed by atoms with Crippen molar-refractivity contribution in [2.75, 3.05) is 14.2 Å². The molecular formula is C14H20N4O3. The van der Waals surface area contributed by atoms with Gasteiger partial charge in [0.25, 0.3) is 0 Å². The first kappa shape index (κ1) is 15.1. The highest BCUT2D eigenvalue weighted by Crippen LogP contribution is 2.19. The minimum absolute atomic E-state index is 0.153. The molecule has 7 nitrogen and oxygen atoms in total. The van der Waals surface area contributed by atoms with E-state index in [1.165, 1.54) is 14.2 Å². The molecule has 1 aromatic heterocycles. The lowest BCUT2D eigenvalue weighted by Crippen LogP contribution is -2.47. The van der Waals surface area contributed by atoms with Crippen LogP contribution in [0.5, 0.6) is 11.9 Å². The van der Waals surface area contributed by atoms with Crippen molar-refractivity contribution in [3.05, 3.63) is 17.5 Å². The Bertz CT molecular complexity index is 523. The zero-order chi connectivity index (χ0) is 15.2. The summed E-state index contributed by atoms with van der Waals surface area (Å²) in [5.41, 5.74) is 1.45. The van der Waals surface area contributed by atoms with Crippen molar-refractivity contribution in [1.29, 1.82) is 0 Å². The average Bonchev–Trinajstić information content (AvgIpc) is 2.46. The highest BCUT2D eigenvalue weighted by atomic mass is 16.5. The molecule has 1 aromatic rings. The van der Waals surface area contributed by atoms with E-state index in [1.807, 2.05) is 6.08 Å². The Morgan fingerprint density at radius 2 is 2.19 bits per heavy atom. The van der Waals surface area contributed by atoms with Crippen LogP contribution in [-0.4, -0.2) is 36.3 Å². The zero-order valence-electron chi connectivity index (χ0n) is 12.5. The molecule has 1 aliphatic rings. The van der Waals surface area contributed by atoms with Crippen LogP contribution in [0, 0.1) is 0 Å². The van der Waals surface area contributed by atoms with Crippen molar-refractivity contribution in [1.82, 2.24) is 20.6 Å². The van der Waals surface area contributed by atoms with Crippen LogP contribution in [0.15, 0.2) is 11.8 Å². The molecule has 1 saturated heterocycles. The van der Waals surface area contributed by atoms with E-state index in [-0.39, 0.29) is 18.1 Å². The van der Waals surface area contributed by atoms with Gasteiger partial charge in [0.1, 0.15) is 0 Å². The molecule has 2 N–H and O–H groups in total. The van der Waals surface area contributed by atoms with Crippen LogP contribution in [0.25, 0.3) is 6.08 Å². The molecular weight excluding hydrogens is 272 g/mol. The fourth-order valence-corrected chi connectivity index (χ4v) is 2.22. The molecule has 1 aliphatic heterocycles. The summed E-state index contributed by atoms with van der Waals surface area (Å²) >= 11 is 0. The number of hydrogen-bond donors (Lipinski definition) is 2. The maximum absolute atomic E-state index is 11.6. The molecule has 0 radical (unpaired) electrons. The number of rotatable bonds is 5. The maximum Gasteiger partial charge on any atom is 0.319 e. The lowest BCUT2D eigenvalue weighted by molar-refractivity contribution is 0.233. The third-order valence-electron chi connectivity index (χ3n) is 3.13. The van der Waals surface area contributed by atoms with Gasteiger partial charge in [-0.05, 0) is 12.5 Å². The molecule has 0 saturated carbocycles. The van der Waals surface area contributed by atoms with Crippen molar-refractivity contribution < 1.29 is 14.3 Å². The number of methoxy groups -OCH3 is 2. The van der Waals surface area contributed by atoms with E-state index in [0.29, 0.717) is 11.6 Å². The van der Waals surface area contributed by atoms with Gasteiger partial charge in [-0.2, -0.15) is 9.97 Å². The quantitative estimate of drug-likeness (QED) is 0.863.